The monoisotopic (exact) mass is 342 g/mol. The fourth-order valence-corrected chi connectivity index (χ4v) is 3.17. The largest absolute Gasteiger partial charge is 0.443 e. The Morgan fingerprint density at radius 1 is 1.28 bits per heavy atom. The molecule has 1 aliphatic heterocycles. The van der Waals surface area contributed by atoms with Gasteiger partial charge in [0.25, 0.3) is 0 Å². The Kier molecular flexibility index (Phi) is 4.15. The number of ether oxygens (including phenoxy) is 2. The molecule has 5 heteroatoms. The van der Waals surface area contributed by atoms with Crippen LogP contribution in [0.3, 0.4) is 0 Å². The first-order valence-corrected chi connectivity index (χ1v) is 8.57. The highest BCUT2D eigenvalue weighted by Crippen LogP contribution is 2.39. The zero-order chi connectivity index (χ0) is 18.4. The Balaban J connectivity index is 2.00. The Hall–Kier alpha value is -2.27. The van der Waals surface area contributed by atoms with E-state index in [0.29, 0.717) is 0 Å². The van der Waals surface area contributed by atoms with Crippen molar-refractivity contribution in [1.82, 2.24) is 4.57 Å². The van der Waals surface area contributed by atoms with Gasteiger partial charge in [0.05, 0.1) is 11.3 Å². The molecule has 0 spiro atoms. The van der Waals surface area contributed by atoms with E-state index in [1.165, 1.54) is 0 Å². The van der Waals surface area contributed by atoms with Crippen LogP contribution < -0.4 is 5.32 Å². The Morgan fingerprint density at radius 2 is 2.00 bits per heavy atom. The zero-order valence-corrected chi connectivity index (χ0v) is 15.7. The van der Waals surface area contributed by atoms with E-state index in [2.05, 4.69) is 25.2 Å². The lowest BCUT2D eigenvalue weighted by Crippen LogP contribution is -2.37. The van der Waals surface area contributed by atoms with Crippen molar-refractivity contribution in [1.29, 1.82) is 0 Å². The third-order valence-electron chi connectivity index (χ3n) is 4.13. The first kappa shape index (κ1) is 17.5. The lowest BCUT2D eigenvalue weighted by molar-refractivity contribution is -0.0632. The number of rotatable bonds is 1. The first-order chi connectivity index (χ1) is 11.6. The van der Waals surface area contributed by atoms with Crippen molar-refractivity contribution >= 4 is 11.8 Å². The van der Waals surface area contributed by atoms with E-state index in [1.807, 2.05) is 52.0 Å². The summed E-state index contributed by atoms with van der Waals surface area (Å²) in [5, 5.41) is 3.34. The van der Waals surface area contributed by atoms with Gasteiger partial charge in [-0.25, -0.2) is 4.79 Å². The van der Waals surface area contributed by atoms with E-state index in [-0.39, 0.29) is 12.3 Å². The summed E-state index contributed by atoms with van der Waals surface area (Å²) in [4.78, 5) is 12.5. The second-order valence-corrected chi connectivity index (χ2v) is 7.92. The van der Waals surface area contributed by atoms with Gasteiger partial charge >= 0.3 is 6.09 Å². The van der Waals surface area contributed by atoms with Gasteiger partial charge in [0.1, 0.15) is 11.8 Å². The molecule has 0 saturated carbocycles. The number of nitrogens with one attached hydrogen (secondary N) is 1. The highest BCUT2D eigenvalue weighted by molar-refractivity contribution is 5.80. The minimum atomic E-state index is -0.537. The van der Waals surface area contributed by atoms with Gasteiger partial charge in [-0.2, -0.15) is 0 Å². The van der Waals surface area contributed by atoms with Gasteiger partial charge in [-0.3, -0.25) is 4.57 Å². The minimum Gasteiger partial charge on any atom is -0.443 e. The Bertz CT molecular complexity index is 800. The van der Waals surface area contributed by atoms with Gasteiger partial charge in [0, 0.05) is 17.4 Å². The molecule has 1 N–H and O–H groups in total. The van der Waals surface area contributed by atoms with Gasteiger partial charge in [-0.05, 0) is 71.4 Å². The lowest BCUT2D eigenvalue weighted by Gasteiger charge is -2.38. The summed E-state index contributed by atoms with van der Waals surface area (Å²) < 4.78 is 13.0. The van der Waals surface area contributed by atoms with E-state index < -0.39 is 11.2 Å². The summed E-state index contributed by atoms with van der Waals surface area (Å²) in [6, 6.07) is 9.89. The molecule has 1 atom stereocenters. The predicted molar refractivity (Wildman–Crippen MR) is 98.7 cm³/mol. The zero-order valence-electron chi connectivity index (χ0n) is 15.7. The van der Waals surface area contributed by atoms with Crippen LogP contribution in [0.2, 0.25) is 0 Å². The quantitative estimate of drug-likeness (QED) is 0.796. The molecule has 134 valence electrons. The molecule has 0 amide bonds. The SMILES string of the molecule is CC1Nc2ccc(-c3cccn3C(=O)OC(C)(C)C)cc2C(C)(C)O1. The molecule has 1 unspecified atom stereocenters. The van der Waals surface area contributed by atoms with Crippen LogP contribution in [0, 0.1) is 0 Å². The van der Waals surface area contributed by atoms with E-state index in [9.17, 15) is 4.79 Å². The molecule has 2 aromatic rings. The van der Waals surface area contributed by atoms with Gasteiger partial charge in [-0.15, -0.1) is 0 Å². The van der Waals surface area contributed by atoms with Crippen LogP contribution in [0.15, 0.2) is 36.5 Å². The van der Waals surface area contributed by atoms with Crippen molar-refractivity contribution in [2.24, 2.45) is 0 Å². The summed E-state index contributed by atoms with van der Waals surface area (Å²) in [5.74, 6) is 0. The fraction of sp³-hybridized carbons (Fsp3) is 0.450. The molecule has 0 bridgehead atoms. The number of aromatic nitrogens is 1. The average molecular weight is 342 g/mol. The predicted octanol–water partition coefficient (Wildman–Crippen LogP) is 4.96. The second-order valence-electron chi connectivity index (χ2n) is 7.92. The number of carbonyl (C=O) groups is 1. The maximum absolute atomic E-state index is 12.5. The number of anilines is 1. The van der Waals surface area contributed by atoms with Crippen LogP contribution in [0.4, 0.5) is 10.5 Å². The minimum absolute atomic E-state index is 0.0426. The third-order valence-corrected chi connectivity index (χ3v) is 4.13. The molecule has 3 rings (SSSR count). The standard InChI is InChI=1S/C20H26N2O3/c1-13-21-16-10-9-14(12-15(16)20(5,6)24-13)17-8-7-11-22(17)18(23)25-19(2,3)4/h7-13,21H,1-6H3. The van der Waals surface area contributed by atoms with Gasteiger partial charge in [-0.1, -0.05) is 6.07 Å². The van der Waals surface area contributed by atoms with Gasteiger partial charge in [0.2, 0.25) is 0 Å². The molecule has 2 heterocycles. The van der Waals surface area contributed by atoms with Gasteiger partial charge < -0.3 is 14.8 Å². The van der Waals surface area contributed by atoms with Gasteiger partial charge in [0.15, 0.2) is 0 Å². The molecule has 5 nitrogen and oxygen atoms in total. The molecule has 1 aliphatic rings. The summed E-state index contributed by atoms with van der Waals surface area (Å²) in [7, 11) is 0. The number of fused-ring (bicyclic) bond motifs is 1. The van der Waals surface area contributed by atoms with Crippen LogP contribution >= 0.6 is 0 Å². The van der Waals surface area contributed by atoms with Crippen LogP contribution in [-0.2, 0) is 15.1 Å². The first-order valence-electron chi connectivity index (χ1n) is 8.57. The summed E-state index contributed by atoms with van der Waals surface area (Å²) in [5.41, 5.74) is 2.93. The maximum Gasteiger partial charge on any atom is 0.418 e. The maximum atomic E-state index is 12.5. The lowest BCUT2D eigenvalue weighted by atomic mass is 9.92. The normalized spacial score (nSPS) is 19.0. The van der Waals surface area contributed by atoms with Crippen molar-refractivity contribution in [3.8, 4) is 11.3 Å². The van der Waals surface area contributed by atoms with E-state index in [0.717, 1.165) is 22.5 Å². The second kappa shape index (κ2) is 5.92. The highest BCUT2D eigenvalue weighted by atomic mass is 16.6. The number of hydrogen-bond donors (Lipinski definition) is 1. The van der Waals surface area contributed by atoms with Crippen LogP contribution in [0.25, 0.3) is 11.3 Å². The summed E-state index contributed by atoms with van der Waals surface area (Å²) in [6.07, 6.45) is 1.30. The smallest absolute Gasteiger partial charge is 0.418 e. The summed E-state index contributed by atoms with van der Waals surface area (Å²) in [6.45, 7) is 11.7. The molecule has 0 aliphatic carbocycles. The van der Waals surface area contributed by atoms with Crippen molar-refractivity contribution in [3.63, 3.8) is 0 Å². The van der Waals surface area contributed by atoms with Crippen LogP contribution in [-0.4, -0.2) is 22.5 Å². The number of hydrogen-bond acceptors (Lipinski definition) is 4. The number of nitrogens with zero attached hydrogens (tertiary/aromatic N) is 1. The molecule has 0 saturated heterocycles. The molecular weight excluding hydrogens is 316 g/mol. The fourth-order valence-electron chi connectivity index (χ4n) is 3.17. The molecule has 25 heavy (non-hydrogen) atoms. The van der Waals surface area contributed by atoms with Crippen LogP contribution in [0.1, 0.15) is 47.1 Å². The van der Waals surface area contributed by atoms with Crippen molar-refractivity contribution in [2.45, 2.75) is 59.0 Å². The molecule has 1 aromatic heterocycles. The third kappa shape index (κ3) is 3.56. The summed E-state index contributed by atoms with van der Waals surface area (Å²) >= 11 is 0. The molecular formula is C20H26N2O3. The van der Waals surface area contributed by atoms with Crippen molar-refractivity contribution in [3.05, 3.63) is 42.1 Å². The Labute approximate surface area is 148 Å². The van der Waals surface area contributed by atoms with Crippen molar-refractivity contribution < 1.29 is 14.3 Å². The molecule has 1 aromatic carbocycles. The number of carbonyl (C=O) groups excluding carboxylic acids is 1. The van der Waals surface area contributed by atoms with E-state index in [4.69, 9.17) is 9.47 Å². The van der Waals surface area contributed by atoms with Crippen LogP contribution in [0.5, 0.6) is 0 Å². The van der Waals surface area contributed by atoms with Crippen molar-refractivity contribution in [2.75, 3.05) is 5.32 Å². The molecule has 0 radical (unpaired) electrons. The topological polar surface area (TPSA) is 52.5 Å². The average Bonchev–Trinajstić information content (AvgIpc) is 2.93. The van der Waals surface area contributed by atoms with E-state index in [1.54, 1.807) is 10.8 Å². The van der Waals surface area contributed by atoms with E-state index >= 15 is 0 Å². The Morgan fingerprint density at radius 3 is 2.68 bits per heavy atom. The number of benzene rings is 1. The highest BCUT2D eigenvalue weighted by Gasteiger charge is 2.32. The molecule has 0 fully saturated rings.